The smallest absolute Gasteiger partial charge is 0.251 e. The number of ether oxygens (including phenoxy) is 2. The lowest BCUT2D eigenvalue weighted by molar-refractivity contribution is 0.0858. The first-order valence-corrected chi connectivity index (χ1v) is 10.2. The molecule has 7 heteroatoms. The summed E-state index contributed by atoms with van der Waals surface area (Å²) in [7, 11) is 1.66. The fourth-order valence-corrected chi connectivity index (χ4v) is 3.50. The highest BCUT2D eigenvalue weighted by Crippen LogP contribution is 2.21. The third-order valence-electron chi connectivity index (χ3n) is 5.28. The number of rotatable bonds is 6. The minimum atomic E-state index is -0.0904. The van der Waals surface area contributed by atoms with Gasteiger partial charge in [-0.3, -0.25) is 9.79 Å². The first-order chi connectivity index (χ1) is 14.7. The van der Waals surface area contributed by atoms with Crippen molar-refractivity contribution in [3.8, 4) is 5.75 Å². The second-order valence-corrected chi connectivity index (χ2v) is 7.37. The van der Waals surface area contributed by atoms with Gasteiger partial charge in [-0.15, -0.1) is 0 Å². The zero-order chi connectivity index (χ0) is 20.8. The maximum Gasteiger partial charge on any atom is 0.251 e. The van der Waals surface area contributed by atoms with Crippen LogP contribution in [0.1, 0.15) is 34.7 Å². The van der Waals surface area contributed by atoms with Gasteiger partial charge in [0.05, 0.1) is 19.8 Å². The third-order valence-corrected chi connectivity index (χ3v) is 5.28. The summed E-state index contributed by atoms with van der Waals surface area (Å²) in [5.41, 5.74) is 2.61. The lowest BCUT2D eigenvalue weighted by atomic mass is 10.00. The molecule has 1 amide bonds. The van der Waals surface area contributed by atoms with Crippen molar-refractivity contribution in [2.24, 2.45) is 9.98 Å². The Morgan fingerprint density at radius 2 is 1.97 bits per heavy atom. The number of carbonyl (C=O) groups is 1. The van der Waals surface area contributed by atoms with Crippen LogP contribution in [0.15, 0.2) is 58.5 Å². The molecule has 1 saturated heterocycles. The van der Waals surface area contributed by atoms with E-state index in [4.69, 9.17) is 9.47 Å². The molecule has 2 unspecified atom stereocenters. The van der Waals surface area contributed by atoms with Crippen LogP contribution in [0.5, 0.6) is 5.75 Å². The number of guanidine groups is 1. The van der Waals surface area contributed by atoms with Crippen LogP contribution < -0.4 is 15.4 Å². The SMILES string of the molecule is COc1ccc(C2C=NC(Nc3ccc(C(=O)NCC4CCCO4)cc3)=NC2)cc1. The van der Waals surface area contributed by atoms with Crippen LogP contribution in [0.2, 0.25) is 0 Å². The van der Waals surface area contributed by atoms with E-state index in [0.717, 1.165) is 36.4 Å². The second-order valence-electron chi connectivity index (χ2n) is 7.37. The topological polar surface area (TPSA) is 84.3 Å². The summed E-state index contributed by atoms with van der Waals surface area (Å²) in [6, 6.07) is 15.3. The van der Waals surface area contributed by atoms with Gasteiger partial charge in [0.25, 0.3) is 5.91 Å². The van der Waals surface area contributed by atoms with Gasteiger partial charge in [-0.05, 0) is 54.8 Å². The maximum atomic E-state index is 12.3. The average Bonchev–Trinajstić information content (AvgIpc) is 3.32. The Balaban J connectivity index is 1.28. The lowest BCUT2D eigenvalue weighted by Crippen LogP contribution is -2.31. The predicted octanol–water partition coefficient (Wildman–Crippen LogP) is 3.24. The average molecular weight is 406 g/mol. The molecule has 2 N–H and O–H groups in total. The minimum absolute atomic E-state index is 0.0904. The molecule has 2 heterocycles. The van der Waals surface area contributed by atoms with Gasteiger partial charge in [0, 0.05) is 36.5 Å². The zero-order valence-electron chi connectivity index (χ0n) is 17.0. The van der Waals surface area contributed by atoms with Gasteiger partial charge in [0.2, 0.25) is 5.96 Å². The number of carbonyl (C=O) groups excluding carboxylic acids is 1. The van der Waals surface area contributed by atoms with Crippen molar-refractivity contribution in [1.82, 2.24) is 5.32 Å². The molecule has 4 rings (SSSR count). The van der Waals surface area contributed by atoms with Gasteiger partial charge in [-0.2, -0.15) is 0 Å². The van der Waals surface area contributed by atoms with Gasteiger partial charge >= 0.3 is 0 Å². The third kappa shape index (κ3) is 5.04. The van der Waals surface area contributed by atoms with Crippen LogP contribution in [-0.4, -0.2) is 51.0 Å². The van der Waals surface area contributed by atoms with Crippen molar-refractivity contribution >= 4 is 23.8 Å². The number of methoxy groups -OCH3 is 1. The van der Waals surface area contributed by atoms with E-state index >= 15 is 0 Å². The number of benzene rings is 2. The molecular formula is C23H26N4O3. The van der Waals surface area contributed by atoms with E-state index in [9.17, 15) is 4.79 Å². The summed E-state index contributed by atoms with van der Waals surface area (Å²) in [5.74, 6) is 1.46. The molecule has 2 aromatic carbocycles. The van der Waals surface area contributed by atoms with Crippen LogP contribution in [0, 0.1) is 0 Å². The molecule has 2 aliphatic heterocycles. The van der Waals surface area contributed by atoms with E-state index in [1.54, 1.807) is 19.2 Å². The molecule has 0 aliphatic carbocycles. The highest BCUT2D eigenvalue weighted by atomic mass is 16.5. The summed E-state index contributed by atoms with van der Waals surface area (Å²) < 4.78 is 10.7. The van der Waals surface area contributed by atoms with Crippen molar-refractivity contribution in [3.05, 3.63) is 59.7 Å². The quantitative estimate of drug-likeness (QED) is 0.771. The maximum absolute atomic E-state index is 12.3. The molecule has 2 aliphatic rings. The van der Waals surface area contributed by atoms with E-state index in [1.165, 1.54) is 0 Å². The Labute approximate surface area is 176 Å². The van der Waals surface area contributed by atoms with Crippen molar-refractivity contribution in [2.75, 3.05) is 32.1 Å². The number of anilines is 1. The molecule has 156 valence electrons. The Hall–Kier alpha value is -3.19. The normalized spacial score (nSPS) is 20.5. The van der Waals surface area contributed by atoms with Gasteiger partial charge in [0.1, 0.15) is 5.75 Å². The van der Waals surface area contributed by atoms with Crippen molar-refractivity contribution in [2.45, 2.75) is 24.9 Å². The molecule has 0 bridgehead atoms. The van der Waals surface area contributed by atoms with E-state index < -0.39 is 0 Å². The Bertz CT molecular complexity index is 916. The van der Waals surface area contributed by atoms with Crippen molar-refractivity contribution in [1.29, 1.82) is 0 Å². The van der Waals surface area contributed by atoms with E-state index in [2.05, 4.69) is 20.6 Å². The van der Waals surface area contributed by atoms with Crippen LogP contribution in [0.4, 0.5) is 5.69 Å². The summed E-state index contributed by atoms with van der Waals surface area (Å²) in [6.07, 6.45) is 4.11. The number of nitrogens with one attached hydrogen (secondary N) is 2. The number of hydrogen-bond donors (Lipinski definition) is 2. The van der Waals surface area contributed by atoms with Crippen LogP contribution in [0.3, 0.4) is 0 Å². The summed E-state index contributed by atoms with van der Waals surface area (Å²) >= 11 is 0. The molecule has 2 aromatic rings. The number of hydrogen-bond acceptors (Lipinski definition) is 6. The Morgan fingerprint density at radius 1 is 1.17 bits per heavy atom. The summed E-state index contributed by atoms with van der Waals surface area (Å²) in [6.45, 7) is 1.97. The van der Waals surface area contributed by atoms with Crippen LogP contribution >= 0.6 is 0 Å². The largest absolute Gasteiger partial charge is 0.497 e. The number of nitrogens with zero attached hydrogens (tertiary/aromatic N) is 2. The molecule has 7 nitrogen and oxygen atoms in total. The second kappa shape index (κ2) is 9.54. The van der Waals surface area contributed by atoms with Gasteiger partial charge in [-0.25, -0.2) is 4.99 Å². The molecule has 0 saturated carbocycles. The Kier molecular flexibility index (Phi) is 6.39. The molecule has 30 heavy (non-hydrogen) atoms. The molecule has 0 radical (unpaired) electrons. The van der Waals surface area contributed by atoms with Crippen molar-refractivity contribution < 1.29 is 14.3 Å². The first kappa shape index (κ1) is 20.1. The van der Waals surface area contributed by atoms with Gasteiger partial charge < -0.3 is 20.1 Å². The van der Waals surface area contributed by atoms with Crippen LogP contribution in [0.25, 0.3) is 0 Å². The fraction of sp³-hybridized carbons (Fsp3) is 0.348. The van der Waals surface area contributed by atoms with Gasteiger partial charge in [0.15, 0.2) is 0 Å². The highest BCUT2D eigenvalue weighted by Gasteiger charge is 2.17. The zero-order valence-corrected chi connectivity index (χ0v) is 17.0. The Morgan fingerprint density at radius 3 is 2.60 bits per heavy atom. The molecule has 0 spiro atoms. The summed E-state index contributed by atoms with van der Waals surface area (Å²) in [4.78, 5) is 21.3. The molecular weight excluding hydrogens is 380 g/mol. The molecule has 1 fully saturated rings. The molecule has 0 aromatic heterocycles. The highest BCUT2D eigenvalue weighted by molar-refractivity contribution is 6.01. The predicted molar refractivity (Wildman–Crippen MR) is 118 cm³/mol. The van der Waals surface area contributed by atoms with Crippen LogP contribution in [-0.2, 0) is 4.74 Å². The summed E-state index contributed by atoms with van der Waals surface area (Å²) in [5, 5.41) is 6.12. The van der Waals surface area contributed by atoms with E-state index in [0.29, 0.717) is 24.6 Å². The number of aliphatic imine (C=N–C) groups is 2. The molecule has 2 atom stereocenters. The van der Waals surface area contributed by atoms with E-state index in [1.807, 2.05) is 42.6 Å². The minimum Gasteiger partial charge on any atom is -0.497 e. The van der Waals surface area contributed by atoms with Gasteiger partial charge in [-0.1, -0.05) is 12.1 Å². The monoisotopic (exact) mass is 406 g/mol. The first-order valence-electron chi connectivity index (χ1n) is 10.2. The standard InChI is InChI=1S/C23H26N4O3/c1-29-20-10-6-16(7-11-20)18-13-25-23(26-14-18)27-19-8-4-17(5-9-19)22(28)24-15-21-3-2-12-30-21/h4-11,13,18,21H,2-3,12,14-15H2,1H3,(H,24,28)(H,26,27). The van der Waals surface area contributed by atoms with E-state index in [-0.39, 0.29) is 17.9 Å². The number of amides is 1. The lowest BCUT2D eigenvalue weighted by Gasteiger charge is -2.16. The van der Waals surface area contributed by atoms with Crippen molar-refractivity contribution in [3.63, 3.8) is 0 Å². The fourth-order valence-electron chi connectivity index (χ4n) is 3.50.